The molecule has 1 unspecified atom stereocenters. The number of ether oxygens (including phenoxy) is 1. The number of aryl methyl sites for hydroxylation is 1. The zero-order valence-electron chi connectivity index (χ0n) is 9.20. The lowest BCUT2D eigenvalue weighted by Gasteiger charge is -2.11. The van der Waals surface area contributed by atoms with Crippen LogP contribution in [0.25, 0.3) is 0 Å². The molecule has 90 valence electrons. The molecule has 0 saturated carbocycles. The first kappa shape index (κ1) is 15.4. The van der Waals surface area contributed by atoms with Crippen molar-refractivity contribution in [1.29, 1.82) is 0 Å². The van der Waals surface area contributed by atoms with Crippen molar-refractivity contribution in [3.63, 3.8) is 0 Å². The fraction of sp³-hybridized carbons (Fsp3) is 0.364. The molecule has 0 spiro atoms. The van der Waals surface area contributed by atoms with Crippen LogP contribution in [0.4, 0.5) is 0 Å². The second-order valence-electron chi connectivity index (χ2n) is 3.40. The average molecular weight is 309 g/mol. The molecule has 0 aliphatic carbocycles. The van der Waals surface area contributed by atoms with Gasteiger partial charge in [0.15, 0.2) is 0 Å². The van der Waals surface area contributed by atoms with Gasteiger partial charge in [0, 0.05) is 4.47 Å². The number of esters is 1. The summed E-state index contributed by atoms with van der Waals surface area (Å²) in [6.07, 6.45) is 0.506. The Labute approximate surface area is 110 Å². The molecule has 0 aliphatic heterocycles. The van der Waals surface area contributed by atoms with Crippen molar-refractivity contribution >= 4 is 34.3 Å². The molecule has 1 atom stereocenters. The third-order valence-electron chi connectivity index (χ3n) is 2.25. The summed E-state index contributed by atoms with van der Waals surface area (Å²) in [7, 11) is 1.34. The van der Waals surface area contributed by atoms with Gasteiger partial charge in [-0.3, -0.25) is 4.79 Å². The lowest BCUT2D eigenvalue weighted by Crippen LogP contribution is -2.33. The van der Waals surface area contributed by atoms with Crippen LogP contribution >= 0.6 is 28.3 Å². The third kappa shape index (κ3) is 4.12. The van der Waals surface area contributed by atoms with Crippen LogP contribution in [-0.4, -0.2) is 19.1 Å². The van der Waals surface area contributed by atoms with E-state index >= 15 is 0 Å². The van der Waals surface area contributed by atoms with E-state index in [0.29, 0.717) is 6.42 Å². The van der Waals surface area contributed by atoms with E-state index in [1.54, 1.807) is 0 Å². The number of rotatable bonds is 3. The maximum Gasteiger partial charge on any atom is 0.322 e. The van der Waals surface area contributed by atoms with Gasteiger partial charge in [-0.2, -0.15) is 0 Å². The van der Waals surface area contributed by atoms with Crippen LogP contribution < -0.4 is 5.73 Å². The van der Waals surface area contributed by atoms with Crippen molar-refractivity contribution in [2.75, 3.05) is 7.11 Å². The fourth-order valence-electron chi connectivity index (χ4n) is 1.36. The minimum absolute atomic E-state index is 0. The predicted octanol–water partition coefficient (Wildman–Crippen LogP) is 2.22. The molecule has 3 nitrogen and oxygen atoms in total. The van der Waals surface area contributed by atoms with Gasteiger partial charge in [0.05, 0.1) is 7.11 Å². The Balaban J connectivity index is 0.00000225. The summed E-state index contributed by atoms with van der Waals surface area (Å²) in [5, 5.41) is 0. The standard InChI is InChI=1S/C11H14BrNO2.ClH/c1-7-5-9(12)4-3-8(7)6-10(13)11(14)15-2;/h3-5,10H,6,13H2,1-2H3;1H. The fourth-order valence-corrected chi connectivity index (χ4v) is 1.84. The number of methoxy groups -OCH3 is 1. The van der Waals surface area contributed by atoms with Crippen molar-refractivity contribution in [3.05, 3.63) is 33.8 Å². The molecule has 0 aliphatic rings. The Morgan fingerprint density at radius 2 is 2.19 bits per heavy atom. The lowest BCUT2D eigenvalue weighted by molar-refractivity contribution is -0.142. The van der Waals surface area contributed by atoms with Gasteiger partial charge in [0.2, 0.25) is 0 Å². The second-order valence-corrected chi connectivity index (χ2v) is 4.32. The van der Waals surface area contributed by atoms with E-state index in [2.05, 4.69) is 20.7 Å². The summed E-state index contributed by atoms with van der Waals surface area (Å²) >= 11 is 3.38. The number of hydrogen-bond acceptors (Lipinski definition) is 3. The summed E-state index contributed by atoms with van der Waals surface area (Å²) < 4.78 is 5.60. The van der Waals surface area contributed by atoms with Crippen LogP contribution in [0.2, 0.25) is 0 Å². The molecule has 1 aromatic rings. The van der Waals surface area contributed by atoms with E-state index in [0.717, 1.165) is 15.6 Å². The molecule has 0 aromatic heterocycles. The first-order valence-corrected chi connectivity index (χ1v) is 5.42. The molecule has 0 bridgehead atoms. The predicted molar refractivity (Wildman–Crippen MR) is 69.8 cm³/mol. The molecule has 0 radical (unpaired) electrons. The van der Waals surface area contributed by atoms with Crippen molar-refractivity contribution in [2.45, 2.75) is 19.4 Å². The zero-order chi connectivity index (χ0) is 11.4. The highest BCUT2D eigenvalue weighted by atomic mass is 79.9. The van der Waals surface area contributed by atoms with Gasteiger partial charge >= 0.3 is 5.97 Å². The van der Waals surface area contributed by atoms with E-state index in [9.17, 15) is 4.79 Å². The Bertz CT molecular complexity index is 371. The van der Waals surface area contributed by atoms with Gasteiger partial charge in [0.1, 0.15) is 6.04 Å². The summed E-state index contributed by atoms with van der Waals surface area (Å²) in [5.41, 5.74) is 7.86. The smallest absolute Gasteiger partial charge is 0.322 e. The van der Waals surface area contributed by atoms with Gasteiger partial charge in [-0.15, -0.1) is 12.4 Å². The molecular formula is C11H15BrClNO2. The van der Waals surface area contributed by atoms with E-state index in [1.165, 1.54) is 7.11 Å². The van der Waals surface area contributed by atoms with E-state index in [4.69, 9.17) is 5.73 Å². The molecule has 0 heterocycles. The van der Waals surface area contributed by atoms with Crippen molar-refractivity contribution < 1.29 is 9.53 Å². The third-order valence-corrected chi connectivity index (χ3v) is 2.74. The second kappa shape index (κ2) is 6.89. The quantitative estimate of drug-likeness (QED) is 0.871. The molecule has 1 aromatic carbocycles. The molecule has 5 heteroatoms. The molecule has 16 heavy (non-hydrogen) atoms. The molecule has 1 rings (SSSR count). The summed E-state index contributed by atoms with van der Waals surface area (Å²) in [6, 6.07) is 5.31. The van der Waals surface area contributed by atoms with Gasteiger partial charge < -0.3 is 10.5 Å². The SMILES string of the molecule is COC(=O)C(N)Cc1ccc(Br)cc1C.Cl. The van der Waals surface area contributed by atoms with Crippen LogP contribution in [0, 0.1) is 6.92 Å². The molecule has 2 N–H and O–H groups in total. The monoisotopic (exact) mass is 307 g/mol. The minimum atomic E-state index is -0.588. The number of benzene rings is 1. The number of nitrogens with two attached hydrogens (primary N) is 1. The maximum absolute atomic E-state index is 11.1. The Kier molecular flexibility index (Phi) is 6.64. The highest BCUT2D eigenvalue weighted by molar-refractivity contribution is 9.10. The Morgan fingerprint density at radius 3 is 2.69 bits per heavy atom. The molecule has 0 amide bonds. The Hall–Kier alpha value is -0.580. The summed E-state index contributed by atoms with van der Waals surface area (Å²) in [5.74, 6) is -0.377. The van der Waals surface area contributed by atoms with Crippen LogP contribution in [0.15, 0.2) is 22.7 Å². The largest absolute Gasteiger partial charge is 0.468 e. The van der Waals surface area contributed by atoms with Crippen molar-refractivity contribution in [2.24, 2.45) is 5.73 Å². The number of carbonyl (C=O) groups is 1. The first-order chi connectivity index (χ1) is 7.04. The normalized spacial score (nSPS) is 11.5. The van der Waals surface area contributed by atoms with Crippen LogP contribution in [-0.2, 0) is 16.0 Å². The Morgan fingerprint density at radius 1 is 1.56 bits per heavy atom. The first-order valence-electron chi connectivity index (χ1n) is 4.63. The van der Waals surface area contributed by atoms with E-state index in [-0.39, 0.29) is 18.4 Å². The van der Waals surface area contributed by atoms with Crippen molar-refractivity contribution in [3.8, 4) is 0 Å². The number of carbonyl (C=O) groups excluding carboxylic acids is 1. The van der Waals surface area contributed by atoms with Gasteiger partial charge in [0.25, 0.3) is 0 Å². The van der Waals surface area contributed by atoms with E-state index < -0.39 is 6.04 Å². The minimum Gasteiger partial charge on any atom is -0.468 e. The van der Waals surface area contributed by atoms with Crippen LogP contribution in [0.3, 0.4) is 0 Å². The van der Waals surface area contributed by atoms with Crippen LogP contribution in [0.1, 0.15) is 11.1 Å². The molecule has 0 fully saturated rings. The topological polar surface area (TPSA) is 52.3 Å². The molecular weight excluding hydrogens is 293 g/mol. The van der Waals surface area contributed by atoms with Gasteiger partial charge in [-0.25, -0.2) is 0 Å². The van der Waals surface area contributed by atoms with Crippen LogP contribution in [0.5, 0.6) is 0 Å². The molecule has 0 saturated heterocycles. The lowest BCUT2D eigenvalue weighted by atomic mass is 10.0. The average Bonchev–Trinajstić information content (AvgIpc) is 2.20. The highest BCUT2D eigenvalue weighted by Gasteiger charge is 2.15. The highest BCUT2D eigenvalue weighted by Crippen LogP contribution is 2.17. The number of halogens is 2. The maximum atomic E-state index is 11.1. The zero-order valence-corrected chi connectivity index (χ0v) is 11.6. The van der Waals surface area contributed by atoms with E-state index in [1.807, 2.05) is 25.1 Å². The van der Waals surface area contributed by atoms with Gasteiger partial charge in [-0.1, -0.05) is 22.0 Å². The number of hydrogen-bond donors (Lipinski definition) is 1. The summed E-state index contributed by atoms with van der Waals surface area (Å²) in [6.45, 7) is 1.99. The van der Waals surface area contributed by atoms with Crippen molar-refractivity contribution in [1.82, 2.24) is 0 Å². The van der Waals surface area contributed by atoms with Gasteiger partial charge in [-0.05, 0) is 36.6 Å². The summed E-state index contributed by atoms with van der Waals surface area (Å²) in [4.78, 5) is 11.1.